The van der Waals surface area contributed by atoms with Crippen LogP contribution in [0.3, 0.4) is 0 Å². The normalized spacial score (nSPS) is 11.5. The molecule has 4 N–H and O–H groups in total. The lowest BCUT2D eigenvalue weighted by Gasteiger charge is -2.08. The highest BCUT2D eigenvalue weighted by atomic mass is 32.2. The quantitative estimate of drug-likeness (QED) is 0.631. The molecule has 0 radical (unpaired) electrons. The summed E-state index contributed by atoms with van der Waals surface area (Å²) in [5.41, 5.74) is 6.68. The number of benzene rings is 2. The average Bonchev–Trinajstić information content (AvgIpc) is 2.87. The van der Waals surface area contributed by atoms with Crippen LogP contribution in [0, 0.1) is 0 Å². The van der Waals surface area contributed by atoms with E-state index in [1.54, 1.807) is 12.1 Å². The van der Waals surface area contributed by atoms with Gasteiger partial charge in [-0.05, 0) is 29.8 Å². The molecular formula is C15H13N3O5S. The number of nitrogens with two attached hydrogens (primary N) is 1. The minimum Gasteiger partial charge on any atom is -0.408 e. The Morgan fingerprint density at radius 3 is 2.54 bits per heavy atom. The molecule has 1 heterocycles. The maximum absolute atomic E-state index is 12.4. The third kappa shape index (κ3) is 3.30. The topological polar surface area (TPSA) is 135 Å². The molecule has 124 valence electrons. The molecule has 1 aromatic heterocycles. The summed E-state index contributed by atoms with van der Waals surface area (Å²) in [5.74, 6) is -1.12. The van der Waals surface area contributed by atoms with Crippen molar-refractivity contribution in [2.75, 3.05) is 4.72 Å². The first-order valence-electron chi connectivity index (χ1n) is 6.86. The molecule has 0 fully saturated rings. The summed E-state index contributed by atoms with van der Waals surface area (Å²) in [5, 5.41) is 0. The highest BCUT2D eigenvalue weighted by Gasteiger charge is 2.16. The standard InChI is InChI=1S/C15H13N3O5S/c16-14(19)7-9-1-3-10(4-2-9)18-24(21,22)11-5-6-12-13(8-11)23-15(20)17-12/h1-6,8,18H,7H2,(H2,16,19)(H,17,20). The van der Waals surface area contributed by atoms with Crippen molar-refractivity contribution in [2.45, 2.75) is 11.3 Å². The fourth-order valence-corrected chi connectivity index (χ4v) is 3.27. The summed E-state index contributed by atoms with van der Waals surface area (Å²) in [4.78, 5) is 24.4. The van der Waals surface area contributed by atoms with Crippen LogP contribution in [-0.2, 0) is 21.2 Å². The first-order valence-corrected chi connectivity index (χ1v) is 8.35. The van der Waals surface area contributed by atoms with Crippen molar-refractivity contribution in [1.29, 1.82) is 0 Å². The summed E-state index contributed by atoms with van der Waals surface area (Å²) >= 11 is 0. The Balaban J connectivity index is 1.86. The Kier molecular flexibility index (Phi) is 3.86. The SMILES string of the molecule is NC(=O)Cc1ccc(NS(=O)(=O)c2ccc3[nH]c(=O)oc3c2)cc1. The number of hydrogen-bond donors (Lipinski definition) is 3. The number of anilines is 1. The van der Waals surface area contributed by atoms with Crippen LogP contribution in [0.2, 0.25) is 0 Å². The molecule has 9 heteroatoms. The molecule has 0 aliphatic heterocycles. The average molecular weight is 347 g/mol. The molecular weight excluding hydrogens is 334 g/mol. The van der Waals surface area contributed by atoms with E-state index in [-0.39, 0.29) is 16.9 Å². The van der Waals surface area contributed by atoms with Crippen LogP contribution in [0.5, 0.6) is 0 Å². The molecule has 0 saturated heterocycles. The minimum atomic E-state index is -3.85. The van der Waals surface area contributed by atoms with Gasteiger partial charge in [-0.25, -0.2) is 13.2 Å². The number of aromatic nitrogens is 1. The predicted molar refractivity (Wildman–Crippen MR) is 87.0 cm³/mol. The summed E-state index contributed by atoms with van der Waals surface area (Å²) < 4.78 is 32.1. The highest BCUT2D eigenvalue weighted by Crippen LogP contribution is 2.20. The lowest BCUT2D eigenvalue weighted by molar-refractivity contribution is -0.117. The number of H-pyrrole nitrogens is 1. The summed E-state index contributed by atoms with van der Waals surface area (Å²) in [6, 6.07) is 10.4. The Morgan fingerprint density at radius 1 is 1.17 bits per heavy atom. The predicted octanol–water partition coefficient (Wildman–Crippen LogP) is 0.950. The van der Waals surface area contributed by atoms with E-state index in [2.05, 4.69) is 9.71 Å². The van der Waals surface area contributed by atoms with Crippen molar-refractivity contribution in [3.8, 4) is 0 Å². The van der Waals surface area contributed by atoms with Crippen LogP contribution in [0.4, 0.5) is 5.69 Å². The number of aromatic amines is 1. The number of carbonyl (C=O) groups excluding carboxylic acids is 1. The largest absolute Gasteiger partial charge is 0.417 e. The van der Waals surface area contributed by atoms with E-state index >= 15 is 0 Å². The molecule has 0 bridgehead atoms. The van der Waals surface area contributed by atoms with Crippen molar-refractivity contribution in [1.82, 2.24) is 4.98 Å². The van der Waals surface area contributed by atoms with Gasteiger partial charge in [0.05, 0.1) is 16.8 Å². The second-order valence-electron chi connectivity index (χ2n) is 5.12. The molecule has 3 aromatic rings. The van der Waals surface area contributed by atoms with E-state index in [0.717, 1.165) is 0 Å². The van der Waals surface area contributed by atoms with E-state index in [1.165, 1.54) is 30.3 Å². The third-order valence-electron chi connectivity index (χ3n) is 3.29. The number of primary amides is 1. The number of oxazole rings is 1. The monoisotopic (exact) mass is 347 g/mol. The molecule has 0 aliphatic carbocycles. The molecule has 3 rings (SSSR count). The first-order chi connectivity index (χ1) is 11.3. The second-order valence-corrected chi connectivity index (χ2v) is 6.80. The number of nitrogens with one attached hydrogen (secondary N) is 2. The van der Waals surface area contributed by atoms with Crippen LogP contribution in [0.15, 0.2) is 56.6 Å². The van der Waals surface area contributed by atoms with Crippen molar-refractivity contribution in [3.05, 3.63) is 58.6 Å². The van der Waals surface area contributed by atoms with E-state index in [1.807, 2.05) is 0 Å². The number of fused-ring (bicyclic) bond motifs is 1. The van der Waals surface area contributed by atoms with Crippen LogP contribution in [0.25, 0.3) is 11.1 Å². The summed E-state index contributed by atoms with van der Waals surface area (Å²) in [7, 11) is -3.85. The van der Waals surface area contributed by atoms with Gasteiger partial charge in [0.2, 0.25) is 5.91 Å². The van der Waals surface area contributed by atoms with Crippen molar-refractivity contribution >= 4 is 32.7 Å². The number of sulfonamides is 1. The lowest BCUT2D eigenvalue weighted by atomic mass is 10.1. The molecule has 0 aliphatic rings. The second kappa shape index (κ2) is 5.85. The van der Waals surface area contributed by atoms with Gasteiger partial charge in [-0.2, -0.15) is 0 Å². The summed E-state index contributed by atoms with van der Waals surface area (Å²) in [6.07, 6.45) is 0.0796. The van der Waals surface area contributed by atoms with Crippen molar-refractivity contribution in [2.24, 2.45) is 5.73 Å². The van der Waals surface area contributed by atoms with E-state index in [0.29, 0.717) is 16.8 Å². The molecule has 0 unspecified atom stereocenters. The fourth-order valence-electron chi connectivity index (χ4n) is 2.20. The Morgan fingerprint density at radius 2 is 1.88 bits per heavy atom. The van der Waals surface area contributed by atoms with Crippen LogP contribution < -0.4 is 16.2 Å². The lowest BCUT2D eigenvalue weighted by Crippen LogP contribution is -2.14. The van der Waals surface area contributed by atoms with Gasteiger partial charge >= 0.3 is 5.76 Å². The first kappa shape index (κ1) is 15.8. The molecule has 0 spiro atoms. The van der Waals surface area contributed by atoms with E-state index in [9.17, 15) is 18.0 Å². The van der Waals surface area contributed by atoms with Crippen LogP contribution >= 0.6 is 0 Å². The van der Waals surface area contributed by atoms with Gasteiger partial charge in [-0.3, -0.25) is 14.5 Å². The Hall–Kier alpha value is -3.07. The maximum Gasteiger partial charge on any atom is 0.417 e. The van der Waals surface area contributed by atoms with Gasteiger partial charge in [0.25, 0.3) is 10.0 Å². The zero-order valence-corrected chi connectivity index (χ0v) is 13.1. The van der Waals surface area contributed by atoms with E-state index < -0.39 is 21.7 Å². The molecule has 0 atom stereocenters. The van der Waals surface area contributed by atoms with Gasteiger partial charge in [0.15, 0.2) is 5.58 Å². The van der Waals surface area contributed by atoms with Crippen LogP contribution in [0.1, 0.15) is 5.56 Å². The fraction of sp³-hybridized carbons (Fsp3) is 0.0667. The van der Waals surface area contributed by atoms with E-state index in [4.69, 9.17) is 10.2 Å². The van der Waals surface area contributed by atoms with Gasteiger partial charge in [-0.15, -0.1) is 0 Å². The van der Waals surface area contributed by atoms with Gasteiger partial charge < -0.3 is 10.2 Å². The van der Waals surface area contributed by atoms with Gasteiger partial charge in [0, 0.05) is 11.8 Å². The maximum atomic E-state index is 12.4. The van der Waals surface area contributed by atoms with Gasteiger partial charge in [-0.1, -0.05) is 12.1 Å². The molecule has 1 amide bonds. The van der Waals surface area contributed by atoms with Crippen molar-refractivity contribution < 1.29 is 17.6 Å². The number of hydrogen-bond acceptors (Lipinski definition) is 5. The number of amides is 1. The zero-order valence-electron chi connectivity index (χ0n) is 12.3. The smallest absolute Gasteiger partial charge is 0.408 e. The summed E-state index contributed by atoms with van der Waals surface area (Å²) in [6.45, 7) is 0. The Labute approximate surface area is 136 Å². The Bertz CT molecular complexity index is 1060. The van der Waals surface area contributed by atoms with Crippen molar-refractivity contribution in [3.63, 3.8) is 0 Å². The van der Waals surface area contributed by atoms with Gasteiger partial charge in [0.1, 0.15) is 0 Å². The number of carbonyl (C=O) groups is 1. The molecule has 0 saturated carbocycles. The van der Waals surface area contributed by atoms with Crippen LogP contribution in [-0.4, -0.2) is 19.3 Å². The molecule has 24 heavy (non-hydrogen) atoms. The third-order valence-corrected chi connectivity index (χ3v) is 4.67. The molecule has 2 aromatic carbocycles. The highest BCUT2D eigenvalue weighted by molar-refractivity contribution is 7.92. The molecule has 8 nitrogen and oxygen atoms in total. The zero-order chi connectivity index (χ0) is 17.3. The number of rotatable bonds is 5. The minimum absolute atomic E-state index is 0.0426.